The number of carbonyl (C=O) groups excluding carboxylic acids is 4. The van der Waals surface area contributed by atoms with Crippen molar-refractivity contribution in [3.05, 3.63) is 11.1 Å². The van der Waals surface area contributed by atoms with Crippen molar-refractivity contribution < 1.29 is 23.9 Å². The Morgan fingerprint density at radius 1 is 1.65 bits per heavy atom. The third-order valence-corrected chi connectivity index (χ3v) is 3.24. The maximum absolute atomic E-state index is 12.0. The first-order valence-electron chi connectivity index (χ1n) is 5.33. The fourth-order valence-electron chi connectivity index (χ4n) is 1.28. The molecule has 0 aliphatic carbocycles. The molecule has 0 spiro atoms. The van der Waals surface area contributed by atoms with Crippen molar-refractivity contribution in [3.8, 4) is 0 Å². The van der Waals surface area contributed by atoms with Crippen LogP contribution in [0.5, 0.6) is 0 Å². The lowest BCUT2D eigenvalue weighted by Crippen LogP contribution is -2.47. The van der Waals surface area contributed by atoms with Gasteiger partial charge in [0.2, 0.25) is 12.2 Å². The van der Waals surface area contributed by atoms with Crippen molar-refractivity contribution in [2.45, 2.75) is 13.0 Å². The van der Waals surface area contributed by atoms with E-state index in [9.17, 15) is 19.2 Å². The Kier molecular flexibility index (Phi) is 4.92. The predicted octanol–water partition coefficient (Wildman–Crippen LogP) is -0.629. The van der Waals surface area contributed by atoms with Gasteiger partial charge in [-0.05, 0) is 6.92 Å². The van der Waals surface area contributed by atoms with Crippen LogP contribution in [0.25, 0.3) is 0 Å². The summed E-state index contributed by atoms with van der Waals surface area (Å²) in [5.74, 6) is -2.02. The van der Waals surface area contributed by atoms with E-state index in [1.165, 1.54) is 5.38 Å². The Hall–Kier alpha value is -2.29. The summed E-state index contributed by atoms with van der Waals surface area (Å²) in [4.78, 5) is 49.1. The zero-order chi connectivity index (χ0) is 15.3. The number of carbonyl (C=O) groups is 3. The fourth-order valence-corrected chi connectivity index (χ4v) is 1.87. The lowest BCUT2D eigenvalue weighted by molar-refractivity contribution is -0.158. The second-order valence-electron chi connectivity index (χ2n) is 3.95. The number of nitrogen functional groups attached to an aromatic ring is 1. The summed E-state index contributed by atoms with van der Waals surface area (Å²) < 4.78 is 4.39. The first kappa shape index (κ1) is 15.8. The van der Waals surface area contributed by atoms with Crippen molar-refractivity contribution in [2.75, 3.05) is 12.8 Å². The molecule has 0 aliphatic heterocycles. The summed E-state index contributed by atoms with van der Waals surface area (Å²) in [5, 5.41) is 3.87. The SMILES string of the molecule is COC(=O)C(C)(C=O)C(=O)NC([C]=O)c1csc(N)n1. The van der Waals surface area contributed by atoms with Crippen molar-refractivity contribution >= 4 is 40.9 Å². The van der Waals surface area contributed by atoms with E-state index in [0.29, 0.717) is 0 Å². The molecule has 3 N–H and O–H groups in total. The standard InChI is InChI=1S/C11H12N3O5S/c1-11(5-16,9(18)19-2)8(17)13-6(3-15)7-4-20-10(12)14-7/h4-6H,1-2H3,(H2,12,14)(H,13,17). The van der Waals surface area contributed by atoms with Crippen LogP contribution in [-0.4, -0.2) is 36.5 Å². The molecule has 0 bridgehead atoms. The monoisotopic (exact) mass is 298 g/mol. The van der Waals surface area contributed by atoms with Gasteiger partial charge >= 0.3 is 5.97 Å². The van der Waals surface area contributed by atoms with Crippen LogP contribution in [0, 0.1) is 5.41 Å². The van der Waals surface area contributed by atoms with Gasteiger partial charge in [-0.25, -0.2) is 4.98 Å². The van der Waals surface area contributed by atoms with Gasteiger partial charge < -0.3 is 20.6 Å². The highest BCUT2D eigenvalue weighted by atomic mass is 32.1. The molecule has 20 heavy (non-hydrogen) atoms. The minimum absolute atomic E-state index is 0.144. The summed E-state index contributed by atoms with van der Waals surface area (Å²) in [7, 11) is 1.04. The van der Waals surface area contributed by atoms with E-state index >= 15 is 0 Å². The number of aromatic nitrogens is 1. The van der Waals surface area contributed by atoms with Crippen molar-refractivity contribution in [3.63, 3.8) is 0 Å². The minimum Gasteiger partial charge on any atom is -0.468 e. The molecule has 107 valence electrons. The molecule has 0 saturated heterocycles. The number of amides is 1. The molecular formula is C11H12N3O5S. The van der Waals surface area contributed by atoms with Crippen molar-refractivity contribution in [2.24, 2.45) is 5.41 Å². The zero-order valence-corrected chi connectivity index (χ0v) is 11.5. The number of nitrogens with two attached hydrogens (primary N) is 1. The number of nitrogens with one attached hydrogen (secondary N) is 1. The molecule has 1 amide bonds. The van der Waals surface area contributed by atoms with E-state index in [-0.39, 0.29) is 17.1 Å². The van der Waals surface area contributed by atoms with Gasteiger partial charge in [-0.2, -0.15) is 0 Å². The first-order valence-corrected chi connectivity index (χ1v) is 6.21. The van der Waals surface area contributed by atoms with Crippen molar-refractivity contribution in [1.82, 2.24) is 10.3 Å². The van der Waals surface area contributed by atoms with E-state index in [4.69, 9.17) is 5.73 Å². The number of hydrogen-bond acceptors (Lipinski definition) is 8. The second-order valence-corrected chi connectivity index (χ2v) is 4.84. The van der Waals surface area contributed by atoms with Crippen LogP contribution >= 0.6 is 11.3 Å². The number of anilines is 1. The van der Waals surface area contributed by atoms with Crippen molar-refractivity contribution in [1.29, 1.82) is 0 Å². The average molecular weight is 298 g/mol. The molecule has 0 aliphatic rings. The number of nitrogens with zero attached hydrogens (tertiary/aromatic N) is 1. The molecule has 1 radical (unpaired) electrons. The smallest absolute Gasteiger partial charge is 0.328 e. The van der Waals surface area contributed by atoms with Gasteiger partial charge in [0.25, 0.3) is 0 Å². The second kappa shape index (κ2) is 6.24. The molecule has 0 aromatic carbocycles. The van der Waals surface area contributed by atoms with Crippen LogP contribution in [-0.2, 0) is 23.9 Å². The maximum atomic E-state index is 12.0. The van der Waals surface area contributed by atoms with E-state index in [1.54, 1.807) is 6.29 Å². The van der Waals surface area contributed by atoms with E-state index < -0.39 is 23.3 Å². The van der Waals surface area contributed by atoms with Gasteiger partial charge in [-0.3, -0.25) is 14.4 Å². The topological polar surface area (TPSA) is 128 Å². The number of thiazole rings is 1. The number of aldehydes is 1. The van der Waals surface area contributed by atoms with E-state index in [0.717, 1.165) is 25.4 Å². The summed E-state index contributed by atoms with van der Waals surface area (Å²) in [6.07, 6.45) is 1.70. The Morgan fingerprint density at radius 2 is 2.30 bits per heavy atom. The lowest BCUT2D eigenvalue weighted by atomic mass is 9.91. The Morgan fingerprint density at radius 3 is 2.70 bits per heavy atom. The molecule has 0 fully saturated rings. The summed E-state index contributed by atoms with van der Waals surface area (Å²) in [6, 6.07) is -1.22. The van der Waals surface area contributed by atoms with Gasteiger partial charge in [0.15, 0.2) is 10.5 Å². The van der Waals surface area contributed by atoms with E-state index in [2.05, 4.69) is 15.0 Å². The van der Waals surface area contributed by atoms with E-state index in [1.807, 2.05) is 0 Å². The van der Waals surface area contributed by atoms with Gasteiger partial charge in [0.05, 0.1) is 12.8 Å². The number of esters is 1. The summed E-state index contributed by atoms with van der Waals surface area (Å²) in [6.45, 7) is 1.08. The molecule has 1 heterocycles. The molecule has 2 atom stereocenters. The zero-order valence-electron chi connectivity index (χ0n) is 10.7. The molecule has 1 rings (SSSR count). The quantitative estimate of drug-likeness (QED) is 0.406. The Labute approximate surface area is 118 Å². The van der Waals surface area contributed by atoms with Crippen LogP contribution in [0.2, 0.25) is 0 Å². The molecule has 1 aromatic heterocycles. The van der Waals surface area contributed by atoms with Gasteiger partial charge in [-0.1, -0.05) is 0 Å². The maximum Gasteiger partial charge on any atom is 0.328 e. The molecule has 8 nitrogen and oxygen atoms in total. The summed E-state index contributed by atoms with van der Waals surface area (Å²) >= 11 is 1.07. The molecule has 9 heteroatoms. The number of methoxy groups -OCH3 is 1. The predicted molar refractivity (Wildman–Crippen MR) is 69.3 cm³/mol. The molecular weight excluding hydrogens is 286 g/mol. The fraction of sp³-hybridized carbons (Fsp3) is 0.364. The van der Waals surface area contributed by atoms with Crippen LogP contribution < -0.4 is 11.1 Å². The highest BCUT2D eigenvalue weighted by Crippen LogP contribution is 2.20. The molecule has 1 aromatic rings. The highest BCUT2D eigenvalue weighted by molar-refractivity contribution is 7.13. The first-order chi connectivity index (χ1) is 9.38. The largest absolute Gasteiger partial charge is 0.468 e. The number of hydrogen-bond donors (Lipinski definition) is 2. The van der Waals surface area contributed by atoms with Crippen LogP contribution in [0.1, 0.15) is 18.7 Å². The highest BCUT2D eigenvalue weighted by Gasteiger charge is 2.43. The third kappa shape index (κ3) is 2.99. The lowest BCUT2D eigenvalue weighted by Gasteiger charge is -2.20. The van der Waals surface area contributed by atoms with Crippen LogP contribution in [0.4, 0.5) is 5.13 Å². The Bertz CT molecular complexity index is 544. The van der Waals surface area contributed by atoms with Gasteiger partial charge in [0, 0.05) is 5.38 Å². The average Bonchev–Trinajstić information content (AvgIpc) is 2.88. The molecule has 2 unspecified atom stereocenters. The van der Waals surface area contributed by atoms with Crippen LogP contribution in [0.3, 0.4) is 0 Å². The van der Waals surface area contributed by atoms with Gasteiger partial charge in [0.1, 0.15) is 12.3 Å². The summed E-state index contributed by atoms with van der Waals surface area (Å²) in [5.41, 5.74) is 3.54. The normalized spacial score (nSPS) is 14.7. The Balaban J connectivity index is 2.94. The van der Waals surface area contributed by atoms with Crippen LogP contribution in [0.15, 0.2) is 5.38 Å². The number of ether oxygens (including phenoxy) is 1. The number of rotatable bonds is 6. The molecule has 0 saturated carbocycles. The third-order valence-electron chi connectivity index (χ3n) is 2.55. The van der Waals surface area contributed by atoms with Gasteiger partial charge in [-0.15, -0.1) is 11.3 Å². The minimum atomic E-state index is -2.05.